The number of hydrogen-bond donors (Lipinski definition) is 0. The first-order chi connectivity index (χ1) is 1.73. The third-order valence-electron chi connectivity index (χ3n) is 0. The van der Waals surface area contributed by atoms with Crippen molar-refractivity contribution in [2.45, 2.75) is 0 Å². The SMILES string of the molecule is C[S+](C)[O-].P. The van der Waals surface area contributed by atoms with E-state index >= 15 is 0 Å². The molecule has 0 spiro atoms. The van der Waals surface area contributed by atoms with Crippen LogP contribution in [0, 0.1) is 0 Å². The van der Waals surface area contributed by atoms with Crippen LogP contribution in [0.3, 0.4) is 0 Å². The topological polar surface area (TPSA) is 23.1 Å². The van der Waals surface area contributed by atoms with E-state index in [9.17, 15) is 4.55 Å². The fraction of sp³-hybridized carbons (Fsp3) is 1.00. The summed E-state index contributed by atoms with van der Waals surface area (Å²) in [5.41, 5.74) is 0. The molecule has 34 valence electrons. The normalized spacial score (nSPS) is 7.20. The van der Waals surface area contributed by atoms with Gasteiger partial charge in [-0.3, -0.25) is 0 Å². The summed E-state index contributed by atoms with van der Waals surface area (Å²) in [5.74, 6) is 0. The minimum Gasteiger partial charge on any atom is -0.617 e. The largest absolute Gasteiger partial charge is 0.617 e. The van der Waals surface area contributed by atoms with E-state index < -0.39 is 11.2 Å². The lowest BCUT2D eigenvalue weighted by Crippen LogP contribution is -1.86. The second kappa shape index (κ2) is 4.74. The van der Waals surface area contributed by atoms with Gasteiger partial charge < -0.3 is 4.55 Å². The molecule has 3 heteroatoms. The predicted octanol–water partition coefficient (Wildman–Crippen LogP) is 0.0528. The quantitative estimate of drug-likeness (QED) is 0.321. The summed E-state index contributed by atoms with van der Waals surface area (Å²) in [6, 6.07) is 0. The van der Waals surface area contributed by atoms with Gasteiger partial charge in [-0.2, -0.15) is 9.90 Å². The van der Waals surface area contributed by atoms with Gasteiger partial charge >= 0.3 is 0 Å². The molecular formula is C2H9OPS. The molecule has 0 aliphatic carbocycles. The Labute approximate surface area is 38.9 Å². The molecule has 1 nitrogen and oxygen atoms in total. The van der Waals surface area contributed by atoms with Gasteiger partial charge in [0.1, 0.15) is 0 Å². The van der Waals surface area contributed by atoms with Gasteiger partial charge in [0.25, 0.3) is 0 Å². The van der Waals surface area contributed by atoms with E-state index in [1.54, 1.807) is 12.5 Å². The van der Waals surface area contributed by atoms with Crippen LogP contribution in [0.1, 0.15) is 0 Å². The zero-order chi connectivity index (χ0) is 3.58. The van der Waals surface area contributed by atoms with Gasteiger partial charge in [0, 0.05) is 0 Å². The Hall–Kier alpha value is 0.740. The van der Waals surface area contributed by atoms with E-state index in [0.717, 1.165) is 0 Å². The fourth-order valence-electron chi connectivity index (χ4n) is 0. The fourth-order valence-corrected chi connectivity index (χ4v) is 0. The molecule has 0 aliphatic heterocycles. The molecular weight excluding hydrogens is 103 g/mol. The van der Waals surface area contributed by atoms with Gasteiger partial charge in [-0.1, -0.05) is 11.2 Å². The smallest absolute Gasteiger partial charge is 0.0946 e. The maximum absolute atomic E-state index is 9.56. The highest BCUT2D eigenvalue weighted by Gasteiger charge is 1.66. The lowest BCUT2D eigenvalue weighted by molar-refractivity contribution is 0.606. The lowest BCUT2D eigenvalue weighted by Gasteiger charge is -1.87. The molecule has 0 amide bonds. The molecule has 0 aliphatic rings. The van der Waals surface area contributed by atoms with Gasteiger partial charge in [0.15, 0.2) is 0 Å². The summed E-state index contributed by atoms with van der Waals surface area (Å²) < 4.78 is 9.56. The zero-order valence-electron chi connectivity index (χ0n) is 3.52. The highest BCUT2D eigenvalue weighted by molar-refractivity contribution is 7.89. The van der Waals surface area contributed by atoms with Gasteiger partial charge in [0.05, 0.1) is 12.5 Å². The van der Waals surface area contributed by atoms with Gasteiger partial charge in [-0.25, -0.2) is 0 Å². The summed E-state index contributed by atoms with van der Waals surface area (Å²) in [5, 5.41) is 0. The molecule has 0 saturated carbocycles. The van der Waals surface area contributed by atoms with Crippen molar-refractivity contribution in [3.63, 3.8) is 0 Å². The lowest BCUT2D eigenvalue weighted by atomic mass is 11.9. The Balaban J connectivity index is 0. The molecule has 0 saturated heterocycles. The minimum atomic E-state index is -0.611. The monoisotopic (exact) mass is 112 g/mol. The average molecular weight is 112 g/mol. The standard InChI is InChI=1S/C2H6OS.H3P/c1-4(2)3;/h1-2H3;1H3. The van der Waals surface area contributed by atoms with Crippen molar-refractivity contribution in [1.29, 1.82) is 0 Å². The summed E-state index contributed by atoms with van der Waals surface area (Å²) in [6.45, 7) is 0. The molecule has 5 heavy (non-hydrogen) atoms. The first-order valence-corrected chi connectivity index (χ1v) is 2.95. The molecule has 0 N–H and O–H groups in total. The molecule has 1 atom stereocenters. The van der Waals surface area contributed by atoms with Gasteiger partial charge in [-0.05, 0) is 0 Å². The second-order valence-corrected chi connectivity index (χ2v) is 2.22. The van der Waals surface area contributed by atoms with Gasteiger partial charge in [-0.15, -0.1) is 0 Å². The molecule has 0 radical (unpaired) electrons. The van der Waals surface area contributed by atoms with Crippen LogP contribution in [0.2, 0.25) is 0 Å². The van der Waals surface area contributed by atoms with E-state index in [1.165, 1.54) is 0 Å². The van der Waals surface area contributed by atoms with Crippen LogP contribution in [-0.4, -0.2) is 17.1 Å². The van der Waals surface area contributed by atoms with Crippen molar-refractivity contribution in [2.24, 2.45) is 0 Å². The van der Waals surface area contributed by atoms with Crippen LogP contribution in [-0.2, 0) is 11.2 Å². The highest BCUT2D eigenvalue weighted by atomic mass is 32.2. The molecule has 0 rings (SSSR count). The number of rotatable bonds is 0. The van der Waals surface area contributed by atoms with E-state index in [4.69, 9.17) is 0 Å². The summed E-state index contributed by atoms with van der Waals surface area (Å²) in [4.78, 5) is 0. The summed E-state index contributed by atoms with van der Waals surface area (Å²) in [6.07, 6.45) is 3.28. The highest BCUT2D eigenvalue weighted by Crippen LogP contribution is 1.61. The Morgan fingerprint density at radius 3 is 1.40 bits per heavy atom. The van der Waals surface area contributed by atoms with Crippen LogP contribution in [0.4, 0.5) is 0 Å². The van der Waals surface area contributed by atoms with Crippen LogP contribution in [0.5, 0.6) is 0 Å². The van der Waals surface area contributed by atoms with Crippen LogP contribution < -0.4 is 0 Å². The van der Waals surface area contributed by atoms with E-state index in [0.29, 0.717) is 0 Å². The maximum Gasteiger partial charge on any atom is 0.0946 e. The van der Waals surface area contributed by atoms with E-state index in [1.807, 2.05) is 0 Å². The van der Waals surface area contributed by atoms with E-state index in [2.05, 4.69) is 0 Å². The minimum absolute atomic E-state index is 0. The van der Waals surface area contributed by atoms with Crippen LogP contribution >= 0.6 is 9.90 Å². The van der Waals surface area contributed by atoms with Crippen molar-refractivity contribution < 1.29 is 4.55 Å². The number of hydrogen-bond acceptors (Lipinski definition) is 1. The molecule has 0 fully saturated rings. The Morgan fingerprint density at radius 2 is 1.40 bits per heavy atom. The van der Waals surface area contributed by atoms with Crippen molar-refractivity contribution in [1.82, 2.24) is 0 Å². The van der Waals surface area contributed by atoms with Crippen molar-refractivity contribution in [3.05, 3.63) is 0 Å². The molecule has 0 heterocycles. The molecule has 1 unspecified atom stereocenters. The van der Waals surface area contributed by atoms with Crippen LogP contribution in [0.15, 0.2) is 0 Å². The molecule has 0 aromatic heterocycles. The van der Waals surface area contributed by atoms with Crippen molar-refractivity contribution in [3.8, 4) is 0 Å². The zero-order valence-corrected chi connectivity index (χ0v) is 5.75. The first kappa shape index (κ1) is 9.22. The summed E-state index contributed by atoms with van der Waals surface area (Å²) >= 11 is -0.611. The first-order valence-electron chi connectivity index (χ1n) is 0.983. The van der Waals surface area contributed by atoms with Crippen LogP contribution in [0.25, 0.3) is 0 Å². The third kappa shape index (κ3) is 65.0. The Morgan fingerprint density at radius 1 is 1.40 bits per heavy atom. The summed E-state index contributed by atoms with van der Waals surface area (Å²) in [7, 11) is 0. The predicted molar refractivity (Wildman–Crippen MR) is 31.1 cm³/mol. The molecule has 0 bridgehead atoms. The second-order valence-electron chi connectivity index (χ2n) is 0.742. The molecule has 0 aromatic carbocycles. The Bertz CT molecular complexity index is 14.4. The maximum atomic E-state index is 9.56. The van der Waals surface area contributed by atoms with Crippen molar-refractivity contribution >= 4 is 21.1 Å². The average Bonchev–Trinajstić information content (AvgIpc) is 0.811. The van der Waals surface area contributed by atoms with E-state index in [-0.39, 0.29) is 9.90 Å². The molecule has 0 aromatic rings. The van der Waals surface area contributed by atoms with Gasteiger partial charge in [0.2, 0.25) is 0 Å². The Kier molecular flexibility index (Phi) is 8.74. The van der Waals surface area contributed by atoms with Crippen molar-refractivity contribution in [2.75, 3.05) is 12.5 Å². The third-order valence-corrected chi connectivity index (χ3v) is 0.